The van der Waals surface area contributed by atoms with Crippen LogP contribution in [-0.4, -0.2) is 55.3 Å². The molecule has 1 amide bonds. The predicted molar refractivity (Wildman–Crippen MR) is 114 cm³/mol. The van der Waals surface area contributed by atoms with Crippen LogP contribution in [0, 0.1) is 0 Å². The first-order valence-electron chi connectivity index (χ1n) is 10.4. The Morgan fingerprint density at radius 1 is 1.14 bits per heavy atom. The zero-order valence-electron chi connectivity index (χ0n) is 16.3. The van der Waals surface area contributed by atoms with Crippen molar-refractivity contribution >= 4 is 23.5 Å². The van der Waals surface area contributed by atoms with Crippen molar-refractivity contribution in [1.29, 1.82) is 0 Å². The highest BCUT2D eigenvalue weighted by Gasteiger charge is 2.39. The number of anilines is 1. The van der Waals surface area contributed by atoms with Crippen molar-refractivity contribution in [3.8, 4) is 0 Å². The molecule has 3 aliphatic rings. The average Bonchev–Trinajstić information content (AvgIpc) is 3.38. The lowest BCUT2D eigenvalue weighted by Crippen LogP contribution is -2.42. The molecule has 3 atom stereocenters. The summed E-state index contributed by atoms with van der Waals surface area (Å²) in [5.41, 5.74) is 0.723. The molecule has 3 saturated heterocycles. The number of hydrogen-bond acceptors (Lipinski definition) is 6. The van der Waals surface area contributed by atoms with Gasteiger partial charge < -0.3 is 20.3 Å². The van der Waals surface area contributed by atoms with Gasteiger partial charge in [-0.15, -0.1) is 0 Å². The maximum atomic E-state index is 12.6. The number of amides is 1. The lowest BCUT2D eigenvalue weighted by Gasteiger charge is -2.27. The summed E-state index contributed by atoms with van der Waals surface area (Å²) in [5, 5.41) is 6.77. The fourth-order valence-electron chi connectivity index (χ4n) is 4.47. The number of rotatable bonds is 5. The maximum Gasteiger partial charge on any atom is 0.251 e. The van der Waals surface area contributed by atoms with E-state index in [2.05, 4.69) is 26.6 Å². The van der Waals surface area contributed by atoms with Crippen molar-refractivity contribution in [3.05, 3.63) is 48.2 Å². The van der Waals surface area contributed by atoms with Gasteiger partial charge in [-0.3, -0.25) is 4.79 Å². The zero-order valence-corrected chi connectivity index (χ0v) is 17.2. The molecule has 4 heterocycles. The van der Waals surface area contributed by atoms with Gasteiger partial charge in [0.25, 0.3) is 5.91 Å². The van der Waals surface area contributed by atoms with Crippen LogP contribution in [0.2, 0.25) is 0 Å². The molecule has 7 heteroatoms. The summed E-state index contributed by atoms with van der Waals surface area (Å²) in [6.07, 6.45) is 5.32. The highest BCUT2D eigenvalue weighted by molar-refractivity contribution is 7.99. The van der Waals surface area contributed by atoms with Crippen molar-refractivity contribution in [1.82, 2.24) is 15.6 Å². The molecule has 2 bridgehead atoms. The number of nitrogens with one attached hydrogen (secondary N) is 2. The van der Waals surface area contributed by atoms with E-state index in [0.717, 1.165) is 53.9 Å². The first-order valence-corrected chi connectivity index (χ1v) is 11.2. The topological polar surface area (TPSA) is 66.5 Å². The Labute approximate surface area is 175 Å². The smallest absolute Gasteiger partial charge is 0.251 e. The fraction of sp³-hybridized carbons (Fsp3) is 0.455. The molecular formula is C22H26N4O2S. The lowest BCUT2D eigenvalue weighted by atomic mass is 9.95. The van der Waals surface area contributed by atoms with Crippen molar-refractivity contribution in [3.63, 3.8) is 0 Å². The molecule has 0 radical (unpaired) electrons. The minimum atomic E-state index is 0.0272. The molecule has 2 N–H and O–H groups in total. The summed E-state index contributed by atoms with van der Waals surface area (Å²) in [6, 6.07) is 13.3. The third kappa shape index (κ3) is 4.27. The molecule has 3 aliphatic heterocycles. The molecule has 1 aromatic carbocycles. The number of aromatic nitrogens is 1. The van der Waals surface area contributed by atoms with Crippen LogP contribution in [0.5, 0.6) is 0 Å². The Hall–Kier alpha value is -2.09. The summed E-state index contributed by atoms with van der Waals surface area (Å²) in [5.74, 6) is 1.02. The third-order valence-electron chi connectivity index (χ3n) is 6.02. The van der Waals surface area contributed by atoms with Crippen molar-refractivity contribution < 1.29 is 9.53 Å². The van der Waals surface area contributed by atoms with Gasteiger partial charge >= 0.3 is 0 Å². The van der Waals surface area contributed by atoms with Crippen molar-refractivity contribution in [2.75, 3.05) is 31.2 Å². The van der Waals surface area contributed by atoms with E-state index < -0.39 is 0 Å². The van der Waals surface area contributed by atoms with E-state index in [0.29, 0.717) is 12.1 Å². The summed E-state index contributed by atoms with van der Waals surface area (Å²) < 4.78 is 5.42. The number of ether oxygens (including phenoxy) is 1. The molecule has 0 saturated carbocycles. The van der Waals surface area contributed by atoms with Crippen molar-refractivity contribution in [2.45, 2.75) is 47.2 Å². The second kappa shape index (κ2) is 8.34. The van der Waals surface area contributed by atoms with E-state index in [1.54, 1.807) is 11.8 Å². The Morgan fingerprint density at radius 2 is 1.97 bits per heavy atom. The molecule has 0 unspecified atom stereocenters. The number of morpholine rings is 1. The van der Waals surface area contributed by atoms with E-state index in [9.17, 15) is 4.79 Å². The number of carbonyl (C=O) groups is 1. The Morgan fingerprint density at radius 3 is 2.69 bits per heavy atom. The first kappa shape index (κ1) is 18.9. The highest BCUT2D eigenvalue weighted by atomic mass is 32.2. The van der Waals surface area contributed by atoms with E-state index in [1.807, 2.05) is 36.5 Å². The van der Waals surface area contributed by atoms with E-state index >= 15 is 0 Å². The zero-order chi connectivity index (χ0) is 19.6. The maximum absolute atomic E-state index is 12.6. The molecule has 0 spiro atoms. The fourth-order valence-corrected chi connectivity index (χ4v) is 5.31. The monoisotopic (exact) mass is 410 g/mol. The number of fused-ring (bicyclic) bond motifs is 2. The van der Waals surface area contributed by atoms with Crippen LogP contribution >= 0.6 is 11.8 Å². The summed E-state index contributed by atoms with van der Waals surface area (Å²) in [4.78, 5) is 21.6. The molecule has 29 heavy (non-hydrogen) atoms. The lowest BCUT2D eigenvalue weighted by molar-refractivity contribution is 0.0931. The van der Waals surface area contributed by atoms with E-state index in [1.165, 1.54) is 12.8 Å². The molecule has 0 aliphatic carbocycles. The number of benzene rings is 1. The van der Waals surface area contributed by atoms with Crippen LogP contribution in [0.1, 0.15) is 29.6 Å². The Balaban J connectivity index is 1.21. The molecule has 2 aromatic rings. The molecule has 6 nitrogen and oxygen atoms in total. The average molecular weight is 411 g/mol. The van der Waals surface area contributed by atoms with Gasteiger partial charge in [0.15, 0.2) is 0 Å². The van der Waals surface area contributed by atoms with Crippen LogP contribution in [0.4, 0.5) is 5.82 Å². The van der Waals surface area contributed by atoms with Gasteiger partial charge in [-0.05, 0) is 55.7 Å². The van der Waals surface area contributed by atoms with Gasteiger partial charge in [0, 0.05) is 52.8 Å². The highest BCUT2D eigenvalue weighted by Crippen LogP contribution is 2.31. The minimum absolute atomic E-state index is 0.0272. The van der Waals surface area contributed by atoms with Crippen LogP contribution in [0.25, 0.3) is 0 Å². The quantitative estimate of drug-likeness (QED) is 0.790. The SMILES string of the molecule is O=C(N[C@@H]1C[C@H]2CC[C@@H]1N2)c1ccc(Sc2ccnc(N3CCOCC3)c2)cc1. The first-order chi connectivity index (χ1) is 14.2. The number of hydrogen-bond donors (Lipinski definition) is 2. The van der Waals surface area contributed by atoms with Gasteiger partial charge in [0.2, 0.25) is 0 Å². The standard InChI is InChI=1S/C22H26N4O2S/c27-22(25-20-13-16-3-6-19(20)24-16)15-1-4-17(5-2-15)29-18-7-8-23-21(14-18)26-9-11-28-12-10-26/h1-2,4-5,7-8,14,16,19-20,24H,3,6,9-13H2,(H,25,27)/t16-,19+,20-/m1/s1. The van der Waals surface area contributed by atoms with Gasteiger partial charge in [0.05, 0.1) is 13.2 Å². The molecule has 1 aromatic heterocycles. The van der Waals surface area contributed by atoms with E-state index in [4.69, 9.17) is 4.74 Å². The van der Waals surface area contributed by atoms with Crippen molar-refractivity contribution in [2.24, 2.45) is 0 Å². The summed E-state index contributed by atoms with van der Waals surface area (Å²) >= 11 is 1.69. The molecule has 5 rings (SSSR count). The Bertz CT molecular complexity index is 869. The minimum Gasteiger partial charge on any atom is -0.378 e. The second-order valence-corrected chi connectivity index (χ2v) is 9.09. The third-order valence-corrected chi connectivity index (χ3v) is 7.02. The normalized spacial score (nSPS) is 25.9. The van der Waals surface area contributed by atoms with Gasteiger partial charge in [0.1, 0.15) is 5.82 Å². The van der Waals surface area contributed by atoms with Crippen LogP contribution < -0.4 is 15.5 Å². The van der Waals surface area contributed by atoms with E-state index in [-0.39, 0.29) is 11.9 Å². The van der Waals surface area contributed by atoms with Gasteiger partial charge in [-0.25, -0.2) is 4.98 Å². The second-order valence-electron chi connectivity index (χ2n) is 7.94. The van der Waals surface area contributed by atoms with Gasteiger partial charge in [-0.1, -0.05) is 11.8 Å². The Kier molecular flexibility index (Phi) is 5.44. The summed E-state index contributed by atoms with van der Waals surface area (Å²) in [7, 11) is 0. The molecule has 152 valence electrons. The molecular weight excluding hydrogens is 384 g/mol. The van der Waals surface area contributed by atoms with Crippen LogP contribution in [-0.2, 0) is 4.74 Å². The van der Waals surface area contributed by atoms with Gasteiger partial charge in [-0.2, -0.15) is 0 Å². The number of nitrogens with zero attached hydrogens (tertiary/aromatic N) is 2. The largest absolute Gasteiger partial charge is 0.378 e. The van der Waals surface area contributed by atoms with Crippen LogP contribution in [0.3, 0.4) is 0 Å². The number of carbonyl (C=O) groups excluding carboxylic acids is 1. The van der Waals surface area contributed by atoms with Crippen LogP contribution in [0.15, 0.2) is 52.4 Å². The summed E-state index contributed by atoms with van der Waals surface area (Å²) in [6.45, 7) is 3.26. The number of pyridine rings is 1. The molecule has 3 fully saturated rings. The predicted octanol–water partition coefficient (Wildman–Crippen LogP) is 2.69.